The number of amides is 1. The number of thioether (sulfide) groups is 1. The van der Waals surface area contributed by atoms with Crippen LogP contribution in [0.5, 0.6) is 11.5 Å². The van der Waals surface area contributed by atoms with Crippen molar-refractivity contribution >= 4 is 39.1 Å². The maximum atomic E-state index is 12.9. The van der Waals surface area contributed by atoms with Crippen molar-refractivity contribution in [3.63, 3.8) is 0 Å². The predicted octanol–water partition coefficient (Wildman–Crippen LogP) is 3.72. The van der Waals surface area contributed by atoms with Gasteiger partial charge in [-0.25, -0.2) is 8.42 Å². The van der Waals surface area contributed by atoms with Gasteiger partial charge in [0.25, 0.3) is 10.0 Å². The van der Waals surface area contributed by atoms with E-state index >= 15 is 0 Å². The Kier molecular flexibility index (Phi) is 6.04. The number of anilines is 2. The Balaban J connectivity index is 1.93. The number of sulfonamides is 1. The molecule has 0 fully saturated rings. The minimum Gasteiger partial charge on any atom is -0.494 e. The molecule has 1 amide bonds. The SMILES string of the molecule is CCOc1ccc(OCC)c(NS(=O)(=O)c2ccc3c(c2)NC(=O)[C@@H](C)S3)c1. The van der Waals surface area contributed by atoms with Crippen LogP contribution in [-0.2, 0) is 14.8 Å². The van der Waals surface area contributed by atoms with Crippen LogP contribution in [0.1, 0.15) is 20.8 Å². The first kappa shape index (κ1) is 20.3. The highest BCUT2D eigenvalue weighted by Crippen LogP contribution is 2.37. The molecule has 0 saturated heterocycles. The second-order valence-electron chi connectivity index (χ2n) is 6.04. The number of hydrogen-bond acceptors (Lipinski definition) is 6. The minimum absolute atomic E-state index is 0.0472. The molecule has 2 N–H and O–H groups in total. The summed E-state index contributed by atoms with van der Waals surface area (Å²) in [5, 5.41) is 2.53. The zero-order chi connectivity index (χ0) is 20.3. The standard InChI is InChI=1S/C19H22N2O5S2/c1-4-25-13-6-8-17(26-5-2)15(10-13)21-28(23,24)14-7-9-18-16(11-14)20-19(22)12(3)27-18/h6-12,21H,4-5H2,1-3H3,(H,20,22)/t12-/m1/s1. The first-order valence-electron chi connectivity index (χ1n) is 8.88. The van der Waals surface area contributed by atoms with Crippen molar-refractivity contribution in [1.82, 2.24) is 0 Å². The van der Waals surface area contributed by atoms with Crippen LogP contribution < -0.4 is 19.5 Å². The first-order valence-corrected chi connectivity index (χ1v) is 11.2. The second-order valence-corrected chi connectivity index (χ2v) is 9.10. The van der Waals surface area contributed by atoms with Crippen molar-refractivity contribution in [2.45, 2.75) is 35.8 Å². The summed E-state index contributed by atoms with van der Waals surface area (Å²) in [6.07, 6.45) is 0. The second kappa shape index (κ2) is 8.32. The van der Waals surface area contributed by atoms with Gasteiger partial charge in [-0.15, -0.1) is 11.8 Å². The molecule has 0 saturated carbocycles. The molecule has 1 aliphatic heterocycles. The molecule has 3 rings (SSSR count). The lowest BCUT2D eigenvalue weighted by Crippen LogP contribution is -2.26. The molecule has 0 bridgehead atoms. The van der Waals surface area contributed by atoms with Crippen LogP contribution in [-0.4, -0.2) is 32.8 Å². The molecule has 0 aliphatic carbocycles. The van der Waals surface area contributed by atoms with Gasteiger partial charge in [0.2, 0.25) is 5.91 Å². The normalized spacial score (nSPS) is 16.1. The van der Waals surface area contributed by atoms with E-state index in [2.05, 4.69) is 10.0 Å². The van der Waals surface area contributed by atoms with Crippen LogP contribution in [0, 0.1) is 0 Å². The monoisotopic (exact) mass is 422 g/mol. The fraction of sp³-hybridized carbons (Fsp3) is 0.316. The average Bonchev–Trinajstić information content (AvgIpc) is 2.64. The maximum Gasteiger partial charge on any atom is 0.262 e. The molecule has 0 unspecified atom stereocenters. The Morgan fingerprint density at radius 3 is 2.57 bits per heavy atom. The van der Waals surface area contributed by atoms with E-state index in [-0.39, 0.29) is 21.7 Å². The number of fused-ring (bicyclic) bond motifs is 1. The number of rotatable bonds is 7. The average molecular weight is 423 g/mol. The van der Waals surface area contributed by atoms with E-state index in [1.807, 2.05) is 13.8 Å². The molecule has 0 radical (unpaired) electrons. The van der Waals surface area contributed by atoms with Crippen molar-refractivity contribution < 1.29 is 22.7 Å². The Hall–Kier alpha value is -2.39. The van der Waals surface area contributed by atoms with Crippen LogP contribution >= 0.6 is 11.8 Å². The molecular formula is C19H22N2O5S2. The van der Waals surface area contributed by atoms with Gasteiger partial charge < -0.3 is 14.8 Å². The third-order valence-electron chi connectivity index (χ3n) is 4.00. The number of hydrogen-bond donors (Lipinski definition) is 2. The van der Waals surface area contributed by atoms with Crippen LogP contribution in [0.3, 0.4) is 0 Å². The van der Waals surface area contributed by atoms with Crippen molar-refractivity contribution in [3.05, 3.63) is 36.4 Å². The Morgan fingerprint density at radius 1 is 1.11 bits per heavy atom. The van der Waals surface area contributed by atoms with Gasteiger partial charge in [-0.05, 0) is 51.1 Å². The fourth-order valence-corrected chi connectivity index (χ4v) is 4.70. The summed E-state index contributed by atoms with van der Waals surface area (Å²) < 4.78 is 39.4. The van der Waals surface area contributed by atoms with Gasteiger partial charge in [0.05, 0.1) is 34.7 Å². The highest BCUT2D eigenvalue weighted by molar-refractivity contribution is 8.01. The zero-order valence-electron chi connectivity index (χ0n) is 15.8. The Morgan fingerprint density at radius 2 is 1.86 bits per heavy atom. The maximum absolute atomic E-state index is 12.9. The number of carbonyl (C=O) groups is 1. The molecule has 9 heteroatoms. The van der Waals surface area contributed by atoms with Gasteiger partial charge in [-0.2, -0.15) is 0 Å². The zero-order valence-corrected chi connectivity index (χ0v) is 17.4. The molecule has 150 valence electrons. The Labute approximate surface area is 168 Å². The predicted molar refractivity (Wildman–Crippen MR) is 110 cm³/mol. The molecule has 1 atom stereocenters. The quantitative estimate of drug-likeness (QED) is 0.706. The molecule has 2 aromatic carbocycles. The summed E-state index contributed by atoms with van der Waals surface area (Å²) in [5.74, 6) is 0.792. The summed E-state index contributed by atoms with van der Waals surface area (Å²) in [4.78, 5) is 12.8. The van der Waals surface area contributed by atoms with E-state index in [9.17, 15) is 13.2 Å². The molecule has 1 heterocycles. The third kappa shape index (κ3) is 4.36. The largest absolute Gasteiger partial charge is 0.494 e. The summed E-state index contributed by atoms with van der Waals surface area (Å²) in [7, 11) is -3.90. The molecule has 28 heavy (non-hydrogen) atoms. The molecule has 2 aromatic rings. The lowest BCUT2D eigenvalue weighted by molar-refractivity contribution is -0.115. The summed E-state index contributed by atoms with van der Waals surface area (Å²) in [6.45, 7) is 6.32. The molecular weight excluding hydrogens is 400 g/mol. The number of benzene rings is 2. The van der Waals surface area contributed by atoms with Gasteiger partial charge in [-0.3, -0.25) is 9.52 Å². The van der Waals surface area contributed by atoms with Gasteiger partial charge in [-0.1, -0.05) is 0 Å². The van der Waals surface area contributed by atoms with E-state index in [1.54, 1.807) is 31.2 Å². The first-order chi connectivity index (χ1) is 13.3. The van der Waals surface area contributed by atoms with Crippen LogP contribution in [0.2, 0.25) is 0 Å². The minimum atomic E-state index is -3.90. The topological polar surface area (TPSA) is 93.7 Å². The number of nitrogens with one attached hydrogen (secondary N) is 2. The van der Waals surface area contributed by atoms with E-state index < -0.39 is 10.0 Å². The van der Waals surface area contributed by atoms with Crippen molar-refractivity contribution in [3.8, 4) is 11.5 Å². The van der Waals surface area contributed by atoms with Gasteiger partial charge >= 0.3 is 0 Å². The van der Waals surface area contributed by atoms with Crippen molar-refractivity contribution in [2.24, 2.45) is 0 Å². The molecule has 0 aromatic heterocycles. The number of ether oxygens (including phenoxy) is 2. The summed E-state index contributed by atoms with van der Waals surface area (Å²) in [6, 6.07) is 9.65. The van der Waals surface area contributed by atoms with E-state index in [4.69, 9.17) is 9.47 Å². The van der Waals surface area contributed by atoms with Gasteiger partial charge in [0, 0.05) is 11.0 Å². The van der Waals surface area contributed by atoms with Gasteiger partial charge in [0.1, 0.15) is 11.5 Å². The van der Waals surface area contributed by atoms with Crippen LogP contribution in [0.4, 0.5) is 11.4 Å². The highest BCUT2D eigenvalue weighted by Gasteiger charge is 2.25. The third-order valence-corrected chi connectivity index (χ3v) is 6.54. The lowest BCUT2D eigenvalue weighted by Gasteiger charge is -2.22. The molecule has 0 spiro atoms. The molecule has 7 nitrogen and oxygen atoms in total. The van der Waals surface area contributed by atoms with E-state index in [0.717, 1.165) is 4.90 Å². The smallest absolute Gasteiger partial charge is 0.262 e. The summed E-state index contributed by atoms with van der Waals surface area (Å²) >= 11 is 1.40. The Bertz CT molecular complexity index is 992. The lowest BCUT2D eigenvalue weighted by atomic mass is 10.3. The fourth-order valence-electron chi connectivity index (χ4n) is 2.69. The van der Waals surface area contributed by atoms with E-state index in [0.29, 0.717) is 30.4 Å². The molecule has 1 aliphatic rings. The van der Waals surface area contributed by atoms with Crippen LogP contribution in [0.25, 0.3) is 0 Å². The van der Waals surface area contributed by atoms with E-state index in [1.165, 1.54) is 23.9 Å². The van der Waals surface area contributed by atoms with Crippen molar-refractivity contribution in [2.75, 3.05) is 23.3 Å². The van der Waals surface area contributed by atoms with Gasteiger partial charge in [0.15, 0.2) is 0 Å². The summed E-state index contributed by atoms with van der Waals surface area (Å²) in [5.41, 5.74) is 0.779. The highest BCUT2D eigenvalue weighted by atomic mass is 32.2. The van der Waals surface area contributed by atoms with Crippen LogP contribution in [0.15, 0.2) is 46.2 Å². The van der Waals surface area contributed by atoms with Crippen molar-refractivity contribution in [1.29, 1.82) is 0 Å². The number of carbonyl (C=O) groups excluding carboxylic acids is 1.